The fourth-order valence-corrected chi connectivity index (χ4v) is 2.53. The molecule has 0 saturated carbocycles. The number of rotatable bonds is 6. The number of para-hydroxylation sites is 1. The first-order valence-electron chi connectivity index (χ1n) is 7.53. The van der Waals surface area contributed by atoms with Gasteiger partial charge in [0.15, 0.2) is 17.0 Å². The lowest BCUT2D eigenvalue weighted by Crippen LogP contribution is -2.12. The molecule has 0 saturated heterocycles. The van der Waals surface area contributed by atoms with Gasteiger partial charge in [-0.1, -0.05) is 19.1 Å². The highest BCUT2D eigenvalue weighted by atomic mass is 16.4. The highest BCUT2D eigenvalue weighted by Crippen LogP contribution is 2.26. The van der Waals surface area contributed by atoms with Gasteiger partial charge in [-0.15, -0.1) is 0 Å². The van der Waals surface area contributed by atoms with Crippen molar-refractivity contribution in [1.29, 1.82) is 0 Å². The van der Waals surface area contributed by atoms with Crippen molar-refractivity contribution in [2.75, 3.05) is 11.9 Å². The summed E-state index contributed by atoms with van der Waals surface area (Å²) in [6.45, 7) is 1.95. The van der Waals surface area contributed by atoms with Gasteiger partial charge >= 0.3 is 5.97 Å². The first-order chi connectivity index (χ1) is 11.7. The van der Waals surface area contributed by atoms with E-state index in [-0.39, 0.29) is 18.2 Å². The maximum Gasteiger partial charge on any atom is 0.337 e. The normalized spacial score (nSPS) is 12.2. The highest BCUT2D eigenvalue weighted by Gasteiger charge is 2.17. The van der Waals surface area contributed by atoms with Crippen molar-refractivity contribution in [2.24, 2.45) is 0 Å². The van der Waals surface area contributed by atoms with Gasteiger partial charge in [0, 0.05) is 0 Å². The summed E-state index contributed by atoms with van der Waals surface area (Å²) in [5, 5.41) is 21.8. The Morgan fingerprint density at radius 1 is 1.29 bits per heavy atom. The van der Waals surface area contributed by atoms with E-state index in [1.54, 1.807) is 29.1 Å². The predicted octanol–water partition coefficient (Wildman–Crippen LogP) is 2.21. The molecule has 8 nitrogen and oxygen atoms in total. The van der Waals surface area contributed by atoms with Crippen LogP contribution in [0.5, 0.6) is 0 Å². The molecule has 2 heterocycles. The zero-order chi connectivity index (χ0) is 17.1. The third-order valence-corrected chi connectivity index (χ3v) is 3.84. The Labute approximate surface area is 137 Å². The molecule has 3 aromatic rings. The Kier molecular flexibility index (Phi) is 4.39. The fraction of sp³-hybridized carbons (Fsp3) is 0.250. The Morgan fingerprint density at radius 2 is 2.08 bits per heavy atom. The van der Waals surface area contributed by atoms with Crippen LogP contribution >= 0.6 is 0 Å². The second-order valence-electron chi connectivity index (χ2n) is 5.27. The van der Waals surface area contributed by atoms with Crippen LogP contribution in [0.1, 0.15) is 29.7 Å². The third kappa shape index (κ3) is 2.79. The van der Waals surface area contributed by atoms with Crippen LogP contribution in [0.2, 0.25) is 0 Å². The second-order valence-corrected chi connectivity index (χ2v) is 5.27. The van der Waals surface area contributed by atoms with Gasteiger partial charge < -0.3 is 20.1 Å². The summed E-state index contributed by atoms with van der Waals surface area (Å²) in [6, 6.07) is 6.46. The van der Waals surface area contributed by atoms with Crippen LogP contribution in [-0.4, -0.2) is 42.3 Å². The molecule has 3 N–H and O–H groups in total. The van der Waals surface area contributed by atoms with Crippen molar-refractivity contribution in [3.05, 3.63) is 42.5 Å². The molecule has 0 aliphatic heterocycles. The van der Waals surface area contributed by atoms with Gasteiger partial charge in [-0.05, 0) is 18.6 Å². The molecule has 1 unspecified atom stereocenters. The monoisotopic (exact) mass is 327 g/mol. The maximum atomic E-state index is 11.3. The minimum Gasteiger partial charge on any atom is -0.478 e. The number of aromatic nitrogens is 4. The topological polar surface area (TPSA) is 113 Å². The van der Waals surface area contributed by atoms with Crippen LogP contribution in [0.25, 0.3) is 11.2 Å². The SMILES string of the molecule is CCC(CO)n1cnc2c(Nc3ccccc3C(=O)O)ncnc21. The van der Waals surface area contributed by atoms with E-state index in [0.29, 0.717) is 22.7 Å². The number of aliphatic hydroxyl groups excluding tert-OH is 1. The molecule has 24 heavy (non-hydrogen) atoms. The number of aromatic carboxylic acids is 1. The van der Waals surface area contributed by atoms with Gasteiger partial charge in [-0.25, -0.2) is 19.7 Å². The number of anilines is 2. The number of imidazole rings is 1. The number of nitrogens with one attached hydrogen (secondary N) is 1. The summed E-state index contributed by atoms with van der Waals surface area (Å²) >= 11 is 0. The molecule has 1 atom stereocenters. The standard InChI is InChI=1S/C16H17N5O3/c1-2-10(7-22)21-9-19-13-14(17-8-18-15(13)21)20-12-6-4-3-5-11(12)16(23)24/h3-6,8-10,22H,2,7H2,1H3,(H,23,24)(H,17,18,20). The van der Waals surface area contributed by atoms with Crippen molar-refractivity contribution in [3.63, 3.8) is 0 Å². The van der Waals surface area contributed by atoms with Crippen LogP contribution in [0.15, 0.2) is 36.9 Å². The lowest BCUT2D eigenvalue weighted by molar-refractivity contribution is 0.0698. The predicted molar refractivity (Wildman–Crippen MR) is 88.4 cm³/mol. The first kappa shape index (κ1) is 15.9. The molecule has 0 fully saturated rings. The van der Waals surface area contributed by atoms with Crippen molar-refractivity contribution < 1.29 is 15.0 Å². The molecule has 124 valence electrons. The quantitative estimate of drug-likeness (QED) is 0.636. The Morgan fingerprint density at radius 3 is 2.79 bits per heavy atom. The molecule has 8 heteroatoms. The smallest absolute Gasteiger partial charge is 0.337 e. The van der Waals surface area contributed by atoms with Crippen molar-refractivity contribution >= 4 is 28.6 Å². The summed E-state index contributed by atoms with van der Waals surface area (Å²) in [7, 11) is 0. The molecular weight excluding hydrogens is 310 g/mol. The number of fused-ring (bicyclic) bond motifs is 1. The van der Waals surface area contributed by atoms with Gasteiger partial charge in [-0.2, -0.15) is 0 Å². The summed E-state index contributed by atoms with van der Waals surface area (Å²) in [4.78, 5) is 24.1. The number of carbonyl (C=O) groups is 1. The highest BCUT2D eigenvalue weighted by molar-refractivity contribution is 5.96. The van der Waals surface area contributed by atoms with E-state index >= 15 is 0 Å². The Bertz CT molecular complexity index is 873. The Hall–Kier alpha value is -3.00. The third-order valence-electron chi connectivity index (χ3n) is 3.84. The average Bonchev–Trinajstić information content (AvgIpc) is 3.02. The minimum absolute atomic E-state index is 0.0173. The summed E-state index contributed by atoms with van der Waals surface area (Å²) in [5.41, 5.74) is 1.67. The van der Waals surface area contributed by atoms with Crippen molar-refractivity contribution in [1.82, 2.24) is 19.5 Å². The molecular formula is C16H17N5O3. The van der Waals surface area contributed by atoms with Crippen molar-refractivity contribution in [2.45, 2.75) is 19.4 Å². The molecule has 1 aromatic carbocycles. The summed E-state index contributed by atoms with van der Waals surface area (Å²) in [6.07, 6.45) is 3.73. The van der Waals surface area contributed by atoms with Gasteiger partial charge in [-0.3, -0.25) is 0 Å². The molecule has 2 aromatic heterocycles. The number of nitrogens with zero attached hydrogens (tertiary/aromatic N) is 4. The van der Waals surface area contributed by atoms with Gasteiger partial charge in [0.1, 0.15) is 6.33 Å². The van der Waals surface area contributed by atoms with Gasteiger partial charge in [0.2, 0.25) is 0 Å². The molecule has 0 aliphatic rings. The zero-order valence-electron chi connectivity index (χ0n) is 13.0. The molecule has 0 aliphatic carbocycles. The number of hydrogen-bond donors (Lipinski definition) is 3. The molecule has 0 radical (unpaired) electrons. The van der Waals surface area contributed by atoms with Crippen molar-refractivity contribution in [3.8, 4) is 0 Å². The van der Waals surface area contributed by atoms with E-state index < -0.39 is 5.97 Å². The molecule has 3 rings (SSSR count). The second kappa shape index (κ2) is 6.63. The van der Waals surface area contributed by atoms with Crippen LogP contribution < -0.4 is 5.32 Å². The summed E-state index contributed by atoms with van der Waals surface area (Å²) < 4.78 is 1.80. The van der Waals surface area contributed by atoms with E-state index in [1.165, 1.54) is 12.4 Å². The fourth-order valence-electron chi connectivity index (χ4n) is 2.53. The average molecular weight is 327 g/mol. The minimum atomic E-state index is -1.03. The number of benzene rings is 1. The van der Waals surface area contributed by atoms with E-state index in [1.807, 2.05) is 6.92 Å². The van der Waals surface area contributed by atoms with E-state index in [4.69, 9.17) is 0 Å². The van der Waals surface area contributed by atoms with Crippen LogP contribution in [0, 0.1) is 0 Å². The maximum absolute atomic E-state index is 11.3. The largest absolute Gasteiger partial charge is 0.478 e. The number of hydrogen-bond acceptors (Lipinski definition) is 6. The van der Waals surface area contributed by atoms with E-state index in [0.717, 1.165) is 6.42 Å². The lowest BCUT2D eigenvalue weighted by atomic mass is 10.2. The number of aliphatic hydroxyl groups is 1. The number of carboxylic acids is 1. The van der Waals surface area contributed by atoms with Crippen LogP contribution in [0.4, 0.5) is 11.5 Å². The lowest BCUT2D eigenvalue weighted by Gasteiger charge is -2.14. The number of carboxylic acid groups (broad SMARTS) is 1. The zero-order valence-corrected chi connectivity index (χ0v) is 13.0. The molecule has 0 spiro atoms. The van der Waals surface area contributed by atoms with E-state index in [9.17, 15) is 15.0 Å². The first-order valence-corrected chi connectivity index (χ1v) is 7.53. The van der Waals surface area contributed by atoms with Gasteiger partial charge in [0.05, 0.1) is 30.2 Å². The van der Waals surface area contributed by atoms with Crippen LogP contribution in [-0.2, 0) is 0 Å². The van der Waals surface area contributed by atoms with Crippen LogP contribution in [0.3, 0.4) is 0 Å². The molecule has 0 bridgehead atoms. The Balaban J connectivity index is 2.04. The van der Waals surface area contributed by atoms with E-state index in [2.05, 4.69) is 20.3 Å². The van der Waals surface area contributed by atoms with Gasteiger partial charge in [0.25, 0.3) is 0 Å². The molecule has 0 amide bonds. The summed E-state index contributed by atoms with van der Waals surface area (Å²) in [5.74, 6) is -0.611.